The molecule has 0 spiro atoms. The van der Waals surface area contributed by atoms with Crippen LogP contribution in [0.15, 0.2) is 29.2 Å². The van der Waals surface area contributed by atoms with Gasteiger partial charge in [0.15, 0.2) is 11.1 Å². The molecule has 0 aromatic heterocycles. The predicted octanol–water partition coefficient (Wildman–Crippen LogP) is 1.87. The van der Waals surface area contributed by atoms with Gasteiger partial charge in [-0.25, -0.2) is 4.21 Å². The molecule has 0 fully saturated rings. The number of rotatable bonds is 3. The molecular weight excluding hydrogens is 202 g/mol. The van der Waals surface area contributed by atoms with Gasteiger partial charge < -0.3 is 9.29 Å². The predicted molar refractivity (Wildman–Crippen MR) is 42.1 cm³/mol. The van der Waals surface area contributed by atoms with Gasteiger partial charge in [-0.05, 0) is 24.3 Å². The van der Waals surface area contributed by atoms with E-state index in [0.29, 0.717) is 0 Å². The van der Waals surface area contributed by atoms with E-state index in [-0.39, 0.29) is 10.6 Å². The van der Waals surface area contributed by atoms with E-state index in [1.165, 1.54) is 24.3 Å². The molecule has 0 saturated heterocycles. The zero-order valence-corrected chi connectivity index (χ0v) is 7.13. The molecule has 6 heteroatoms. The minimum Gasteiger partial charge on any atom is -0.435 e. The average Bonchev–Trinajstić information content (AvgIpc) is 2.04. The third-order valence-electron chi connectivity index (χ3n) is 1.25. The van der Waals surface area contributed by atoms with Gasteiger partial charge in [0.2, 0.25) is 0 Å². The Morgan fingerprint density at radius 3 is 2.23 bits per heavy atom. The SMILES string of the molecule is O=S(O)c1ccc(OC(F)F)cc1. The van der Waals surface area contributed by atoms with Crippen LogP contribution in [0.4, 0.5) is 8.78 Å². The Bertz CT molecular complexity index is 299. The Morgan fingerprint density at radius 2 is 1.85 bits per heavy atom. The maximum Gasteiger partial charge on any atom is 0.387 e. The van der Waals surface area contributed by atoms with E-state index in [1.54, 1.807) is 0 Å². The molecule has 0 bridgehead atoms. The smallest absolute Gasteiger partial charge is 0.387 e. The van der Waals surface area contributed by atoms with Crippen LogP contribution < -0.4 is 4.74 Å². The molecule has 0 radical (unpaired) electrons. The first-order chi connectivity index (χ1) is 6.09. The van der Waals surface area contributed by atoms with Crippen molar-refractivity contribution in [2.75, 3.05) is 0 Å². The van der Waals surface area contributed by atoms with Gasteiger partial charge in [-0.3, -0.25) is 0 Å². The molecule has 13 heavy (non-hydrogen) atoms. The van der Waals surface area contributed by atoms with Gasteiger partial charge in [0.05, 0.1) is 4.90 Å². The number of ether oxygens (including phenoxy) is 1. The second-order valence-electron chi connectivity index (χ2n) is 2.10. The molecule has 0 aliphatic heterocycles. The third kappa shape index (κ3) is 3.08. The largest absolute Gasteiger partial charge is 0.435 e. The van der Waals surface area contributed by atoms with Crippen LogP contribution in [0.3, 0.4) is 0 Å². The van der Waals surface area contributed by atoms with Gasteiger partial charge >= 0.3 is 6.61 Å². The molecule has 0 aliphatic rings. The number of hydrogen-bond acceptors (Lipinski definition) is 2. The van der Waals surface area contributed by atoms with E-state index in [1.807, 2.05) is 0 Å². The zero-order valence-electron chi connectivity index (χ0n) is 6.31. The lowest BCUT2D eigenvalue weighted by Gasteiger charge is -2.03. The summed E-state index contributed by atoms with van der Waals surface area (Å²) in [6, 6.07) is 4.90. The molecule has 0 aliphatic carbocycles. The summed E-state index contributed by atoms with van der Waals surface area (Å²) in [6.45, 7) is -2.88. The third-order valence-corrected chi connectivity index (χ3v) is 1.93. The van der Waals surface area contributed by atoms with Crippen molar-refractivity contribution in [1.82, 2.24) is 0 Å². The van der Waals surface area contributed by atoms with Gasteiger partial charge in [-0.1, -0.05) is 0 Å². The van der Waals surface area contributed by atoms with Crippen molar-refractivity contribution in [1.29, 1.82) is 0 Å². The van der Waals surface area contributed by atoms with Gasteiger partial charge in [-0.15, -0.1) is 0 Å². The Hall–Kier alpha value is -1.01. The summed E-state index contributed by atoms with van der Waals surface area (Å²) < 4.78 is 46.4. The summed E-state index contributed by atoms with van der Waals surface area (Å²) in [5.74, 6) is -0.0378. The van der Waals surface area contributed by atoms with E-state index >= 15 is 0 Å². The molecule has 1 atom stereocenters. The molecule has 0 amide bonds. The highest BCUT2D eigenvalue weighted by Crippen LogP contribution is 2.15. The van der Waals surface area contributed by atoms with Crippen LogP contribution in [0.1, 0.15) is 0 Å². The van der Waals surface area contributed by atoms with Gasteiger partial charge in [0, 0.05) is 0 Å². The van der Waals surface area contributed by atoms with Crippen LogP contribution in [0.25, 0.3) is 0 Å². The molecule has 1 aromatic carbocycles. The summed E-state index contributed by atoms with van der Waals surface area (Å²) in [5.41, 5.74) is 0. The molecule has 1 rings (SSSR count). The molecule has 1 unspecified atom stereocenters. The first-order valence-electron chi connectivity index (χ1n) is 3.25. The van der Waals surface area contributed by atoms with Crippen LogP contribution in [0.5, 0.6) is 5.75 Å². The fraction of sp³-hybridized carbons (Fsp3) is 0.143. The van der Waals surface area contributed by atoms with E-state index in [9.17, 15) is 13.0 Å². The lowest BCUT2D eigenvalue weighted by Crippen LogP contribution is -2.01. The van der Waals surface area contributed by atoms with Crippen molar-refractivity contribution >= 4 is 11.1 Å². The molecule has 0 heterocycles. The second kappa shape index (κ2) is 4.29. The highest BCUT2D eigenvalue weighted by atomic mass is 32.2. The Balaban J connectivity index is 2.75. The van der Waals surface area contributed by atoms with E-state index in [4.69, 9.17) is 4.55 Å². The highest BCUT2D eigenvalue weighted by Gasteiger charge is 2.04. The first-order valence-corrected chi connectivity index (χ1v) is 4.36. The second-order valence-corrected chi connectivity index (χ2v) is 3.07. The molecule has 3 nitrogen and oxygen atoms in total. The summed E-state index contributed by atoms with van der Waals surface area (Å²) >= 11 is -2.09. The highest BCUT2D eigenvalue weighted by molar-refractivity contribution is 7.79. The van der Waals surface area contributed by atoms with Crippen molar-refractivity contribution < 1.29 is 22.3 Å². The van der Waals surface area contributed by atoms with Gasteiger partial charge in [0.1, 0.15) is 5.75 Å². The van der Waals surface area contributed by atoms with Gasteiger partial charge in [-0.2, -0.15) is 8.78 Å². The number of halogens is 2. The normalized spacial score (nSPS) is 12.9. The van der Waals surface area contributed by atoms with Crippen molar-refractivity contribution in [3.05, 3.63) is 24.3 Å². The monoisotopic (exact) mass is 208 g/mol. The summed E-state index contributed by atoms with van der Waals surface area (Å²) in [4.78, 5) is 0.140. The molecular formula is C7H6F2O3S. The molecule has 0 saturated carbocycles. The zero-order chi connectivity index (χ0) is 9.84. The summed E-state index contributed by atoms with van der Waals surface area (Å²) in [6.07, 6.45) is 0. The van der Waals surface area contributed by atoms with Crippen LogP contribution in [-0.4, -0.2) is 15.4 Å². The van der Waals surface area contributed by atoms with E-state index < -0.39 is 17.7 Å². The number of benzene rings is 1. The van der Waals surface area contributed by atoms with Crippen LogP contribution >= 0.6 is 0 Å². The summed E-state index contributed by atoms with van der Waals surface area (Å²) in [7, 11) is 0. The van der Waals surface area contributed by atoms with Crippen LogP contribution in [0.2, 0.25) is 0 Å². The molecule has 1 N–H and O–H groups in total. The number of hydrogen-bond donors (Lipinski definition) is 1. The quantitative estimate of drug-likeness (QED) is 0.771. The fourth-order valence-corrected chi connectivity index (χ4v) is 1.11. The van der Waals surface area contributed by atoms with Crippen molar-refractivity contribution in [3.8, 4) is 5.75 Å². The van der Waals surface area contributed by atoms with Crippen molar-refractivity contribution in [2.24, 2.45) is 0 Å². The number of alkyl halides is 2. The Labute approximate surface area is 75.6 Å². The standard InChI is InChI=1S/C7H6F2O3S/c8-7(9)12-5-1-3-6(4-2-5)13(10)11/h1-4,7H,(H,10,11). The average molecular weight is 208 g/mol. The fourth-order valence-electron chi connectivity index (χ4n) is 0.737. The minimum atomic E-state index is -2.88. The topological polar surface area (TPSA) is 46.5 Å². The maximum absolute atomic E-state index is 11.6. The first kappa shape index (κ1) is 10.1. The maximum atomic E-state index is 11.6. The van der Waals surface area contributed by atoms with Crippen molar-refractivity contribution in [3.63, 3.8) is 0 Å². The van der Waals surface area contributed by atoms with Crippen molar-refractivity contribution in [2.45, 2.75) is 11.5 Å². The lowest BCUT2D eigenvalue weighted by molar-refractivity contribution is -0.0498. The minimum absolute atomic E-state index is 0.0378. The van der Waals surface area contributed by atoms with E-state index in [0.717, 1.165) is 0 Å². The van der Waals surface area contributed by atoms with Gasteiger partial charge in [0.25, 0.3) is 0 Å². The van der Waals surface area contributed by atoms with E-state index in [2.05, 4.69) is 4.74 Å². The Kier molecular flexibility index (Phi) is 3.32. The van der Waals surface area contributed by atoms with Crippen LogP contribution in [-0.2, 0) is 11.1 Å². The molecule has 1 aromatic rings. The lowest BCUT2D eigenvalue weighted by atomic mass is 10.3. The summed E-state index contributed by atoms with van der Waals surface area (Å²) in [5, 5.41) is 0. The molecule has 72 valence electrons. The Morgan fingerprint density at radius 1 is 1.31 bits per heavy atom. The van der Waals surface area contributed by atoms with Crippen LogP contribution in [0, 0.1) is 0 Å².